The Balaban J connectivity index is 1.71. The van der Waals surface area contributed by atoms with Gasteiger partial charge in [0.2, 0.25) is 0 Å². The molecule has 1 N–H and O–H groups in total. The molecule has 1 nitrogen and oxygen atoms in total. The lowest BCUT2D eigenvalue weighted by Crippen LogP contribution is -2.17. The predicted octanol–water partition coefficient (Wildman–Crippen LogP) is 6.64. The first-order valence-electron chi connectivity index (χ1n) is 11.7. The number of hydrogen-bond donors (Lipinski definition) is 1. The standard InChI is InChI=1S/C25H21N/c1-16-13-25(26-15-17(16)2)18-11-12-23-21-9-4-3-7-19(21)20-8-5-6-10-22(20)24(23)14-18/h3-15,25-26H,1-2H3/i1D3,2D3. The van der Waals surface area contributed by atoms with Crippen LogP contribution in [0.1, 0.15) is 33.5 Å². The van der Waals surface area contributed by atoms with E-state index in [0.717, 1.165) is 32.5 Å². The van der Waals surface area contributed by atoms with Gasteiger partial charge in [-0.15, -0.1) is 0 Å². The van der Waals surface area contributed by atoms with E-state index in [-0.39, 0.29) is 11.1 Å². The van der Waals surface area contributed by atoms with Crippen LogP contribution in [0.2, 0.25) is 0 Å². The molecule has 26 heavy (non-hydrogen) atoms. The number of fused-ring (bicyclic) bond motifs is 6. The molecule has 1 aliphatic heterocycles. The Morgan fingerprint density at radius 1 is 0.692 bits per heavy atom. The first-order chi connectivity index (χ1) is 15.1. The number of benzene rings is 4. The van der Waals surface area contributed by atoms with Crippen molar-refractivity contribution in [2.45, 2.75) is 19.7 Å². The van der Waals surface area contributed by atoms with E-state index in [1.807, 2.05) is 30.3 Å². The zero-order chi connectivity index (χ0) is 22.7. The molecule has 0 saturated heterocycles. The average molecular weight is 341 g/mol. The topological polar surface area (TPSA) is 12.0 Å². The summed E-state index contributed by atoms with van der Waals surface area (Å²) in [6.07, 6.45) is 2.86. The molecule has 0 saturated carbocycles. The molecule has 1 atom stereocenters. The van der Waals surface area contributed by atoms with Crippen molar-refractivity contribution in [1.29, 1.82) is 0 Å². The second kappa shape index (κ2) is 5.74. The van der Waals surface area contributed by atoms with Gasteiger partial charge in [0.05, 0.1) is 6.04 Å². The fourth-order valence-electron chi connectivity index (χ4n) is 3.87. The second-order valence-electron chi connectivity index (χ2n) is 6.68. The monoisotopic (exact) mass is 341 g/mol. The summed E-state index contributed by atoms with van der Waals surface area (Å²) >= 11 is 0. The van der Waals surface area contributed by atoms with E-state index in [4.69, 9.17) is 8.22 Å². The lowest BCUT2D eigenvalue weighted by Gasteiger charge is -2.22. The Morgan fingerprint density at radius 3 is 1.88 bits per heavy atom. The van der Waals surface area contributed by atoms with E-state index in [2.05, 4.69) is 41.7 Å². The fraction of sp³-hybridized carbons (Fsp3) is 0.120. The Hall–Kier alpha value is -3.06. The maximum atomic E-state index is 7.86. The van der Waals surface area contributed by atoms with Gasteiger partial charge in [0, 0.05) is 14.4 Å². The molecule has 0 radical (unpaired) electrons. The van der Waals surface area contributed by atoms with Crippen LogP contribution >= 0.6 is 0 Å². The zero-order valence-electron chi connectivity index (χ0n) is 20.1. The third kappa shape index (κ3) is 2.24. The van der Waals surface area contributed by atoms with Crippen molar-refractivity contribution in [3.05, 3.63) is 95.7 Å². The highest BCUT2D eigenvalue weighted by Gasteiger charge is 2.14. The number of hydrogen-bond acceptors (Lipinski definition) is 1. The summed E-state index contributed by atoms with van der Waals surface area (Å²) in [6, 6.07) is 22.2. The Bertz CT molecular complexity index is 1390. The van der Waals surface area contributed by atoms with Gasteiger partial charge < -0.3 is 5.32 Å². The molecular weight excluding hydrogens is 314 g/mol. The van der Waals surface area contributed by atoms with Gasteiger partial charge in [-0.05, 0) is 68.8 Å². The van der Waals surface area contributed by atoms with Crippen LogP contribution in [0, 0.1) is 0 Å². The van der Waals surface area contributed by atoms with E-state index >= 15 is 0 Å². The summed E-state index contributed by atoms with van der Waals surface area (Å²) < 4.78 is 46.7. The van der Waals surface area contributed by atoms with Gasteiger partial charge in [-0.1, -0.05) is 66.7 Å². The van der Waals surface area contributed by atoms with Crippen LogP contribution in [0.3, 0.4) is 0 Å². The van der Waals surface area contributed by atoms with Gasteiger partial charge in [-0.3, -0.25) is 0 Å². The molecule has 0 amide bonds. The van der Waals surface area contributed by atoms with Gasteiger partial charge in [0.25, 0.3) is 0 Å². The van der Waals surface area contributed by atoms with Crippen LogP contribution < -0.4 is 5.32 Å². The van der Waals surface area contributed by atoms with Crippen molar-refractivity contribution in [1.82, 2.24) is 5.32 Å². The molecule has 0 bridgehead atoms. The van der Waals surface area contributed by atoms with Gasteiger partial charge in [0.15, 0.2) is 0 Å². The molecular formula is C25H21N. The molecule has 1 heteroatoms. The smallest absolute Gasteiger partial charge is 0.0698 e. The third-order valence-electron chi connectivity index (χ3n) is 5.16. The quantitative estimate of drug-likeness (QED) is 0.383. The molecule has 1 heterocycles. The first kappa shape index (κ1) is 10.2. The Morgan fingerprint density at radius 2 is 1.27 bits per heavy atom. The van der Waals surface area contributed by atoms with Crippen LogP contribution in [0.5, 0.6) is 0 Å². The van der Waals surface area contributed by atoms with Crippen LogP contribution in [-0.2, 0) is 0 Å². The highest BCUT2D eigenvalue weighted by atomic mass is 14.9. The summed E-state index contributed by atoms with van der Waals surface area (Å²) in [4.78, 5) is 0. The zero-order valence-corrected chi connectivity index (χ0v) is 14.1. The summed E-state index contributed by atoms with van der Waals surface area (Å²) in [7, 11) is 0. The Labute approximate surface area is 162 Å². The lowest BCUT2D eigenvalue weighted by molar-refractivity contribution is 0.731. The molecule has 4 aromatic carbocycles. The minimum absolute atomic E-state index is 0.121. The minimum Gasteiger partial charge on any atom is -0.380 e. The van der Waals surface area contributed by atoms with Gasteiger partial charge >= 0.3 is 0 Å². The van der Waals surface area contributed by atoms with Gasteiger partial charge in [0.1, 0.15) is 0 Å². The highest BCUT2D eigenvalue weighted by molar-refractivity contribution is 6.25. The molecule has 0 spiro atoms. The maximum Gasteiger partial charge on any atom is 0.0698 e. The van der Waals surface area contributed by atoms with E-state index in [0.29, 0.717) is 0 Å². The number of rotatable bonds is 1. The predicted molar refractivity (Wildman–Crippen MR) is 112 cm³/mol. The Kier molecular flexibility index (Phi) is 2.25. The largest absolute Gasteiger partial charge is 0.380 e. The summed E-state index contributed by atoms with van der Waals surface area (Å²) in [6.45, 7) is -5.02. The van der Waals surface area contributed by atoms with Crippen molar-refractivity contribution in [3.63, 3.8) is 0 Å². The van der Waals surface area contributed by atoms with Gasteiger partial charge in [-0.25, -0.2) is 0 Å². The minimum atomic E-state index is -2.51. The number of dihydropyridines is 1. The van der Waals surface area contributed by atoms with Crippen LogP contribution in [0.25, 0.3) is 32.3 Å². The van der Waals surface area contributed by atoms with Crippen LogP contribution in [0.4, 0.5) is 0 Å². The molecule has 5 rings (SSSR count). The maximum absolute atomic E-state index is 7.86. The van der Waals surface area contributed by atoms with Crippen LogP contribution in [0.15, 0.2) is 90.2 Å². The molecule has 0 aliphatic carbocycles. The highest BCUT2D eigenvalue weighted by Crippen LogP contribution is 2.36. The summed E-state index contributed by atoms with van der Waals surface area (Å²) in [5.74, 6) is 0. The van der Waals surface area contributed by atoms with E-state index in [1.165, 1.54) is 17.7 Å². The second-order valence-corrected chi connectivity index (χ2v) is 6.68. The molecule has 126 valence electrons. The molecule has 1 aliphatic rings. The number of nitrogens with one attached hydrogen (secondary N) is 1. The van der Waals surface area contributed by atoms with Crippen molar-refractivity contribution in [3.8, 4) is 0 Å². The SMILES string of the molecule is [2H]C([2H])([2H])C1=CNC(c2ccc3c4ccccc4c4ccccc4c3c2)C=C1C([2H])([2H])[2H]. The van der Waals surface area contributed by atoms with Gasteiger partial charge in [-0.2, -0.15) is 0 Å². The van der Waals surface area contributed by atoms with Crippen molar-refractivity contribution < 1.29 is 8.22 Å². The van der Waals surface area contributed by atoms with Crippen LogP contribution in [-0.4, -0.2) is 0 Å². The average Bonchev–Trinajstić information content (AvgIpc) is 2.77. The number of allylic oxidation sites excluding steroid dienone is 2. The van der Waals surface area contributed by atoms with Crippen molar-refractivity contribution >= 4 is 32.3 Å². The van der Waals surface area contributed by atoms with E-state index in [9.17, 15) is 0 Å². The molecule has 1 unspecified atom stereocenters. The molecule has 4 aromatic rings. The normalized spacial score (nSPS) is 21.6. The summed E-state index contributed by atoms with van der Waals surface area (Å²) in [5.41, 5.74) is 0.594. The van der Waals surface area contributed by atoms with E-state index in [1.54, 1.807) is 0 Å². The van der Waals surface area contributed by atoms with Crippen molar-refractivity contribution in [2.24, 2.45) is 0 Å². The third-order valence-corrected chi connectivity index (χ3v) is 5.16. The summed E-state index contributed by atoms with van der Waals surface area (Å²) in [5, 5.41) is 9.93. The van der Waals surface area contributed by atoms with E-state index < -0.39 is 19.7 Å². The first-order valence-corrected chi connectivity index (χ1v) is 8.67. The van der Waals surface area contributed by atoms with Crippen molar-refractivity contribution in [2.75, 3.05) is 0 Å². The molecule has 0 aromatic heterocycles. The lowest BCUT2D eigenvalue weighted by atomic mass is 9.91. The fourth-order valence-corrected chi connectivity index (χ4v) is 3.87. The molecule has 0 fully saturated rings.